The van der Waals surface area contributed by atoms with Gasteiger partial charge in [0.05, 0.1) is 0 Å². The number of aromatic carboxylic acids is 1. The molecule has 0 atom stereocenters. The summed E-state index contributed by atoms with van der Waals surface area (Å²) < 4.78 is 0. The second kappa shape index (κ2) is 5.99. The van der Waals surface area contributed by atoms with Gasteiger partial charge in [0.2, 0.25) is 0 Å². The number of hydrogen-bond donors (Lipinski definition) is 3. The summed E-state index contributed by atoms with van der Waals surface area (Å²) >= 11 is 11.4. The fraction of sp³-hybridized carbons (Fsp3) is 0. The van der Waals surface area contributed by atoms with Crippen LogP contribution in [0.1, 0.15) is 20.7 Å². The second-order valence-corrected chi connectivity index (χ2v) is 4.77. The number of amides is 1. The summed E-state index contributed by atoms with van der Waals surface area (Å²) in [4.78, 5) is 26.6. The topological polar surface area (TPSA) is 99.5 Å². The van der Waals surface area contributed by atoms with Gasteiger partial charge in [0, 0.05) is 11.3 Å². The lowest BCUT2D eigenvalue weighted by Gasteiger charge is -2.07. The van der Waals surface area contributed by atoms with E-state index in [1.54, 1.807) is 0 Å². The normalized spacial score (nSPS) is 10.2. The zero-order chi connectivity index (χ0) is 15.6. The number of nitrogens with zero attached hydrogens (tertiary/aromatic N) is 1. The Labute approximate surface area is 129 Å². The Morgan fingerprint density at radius 2 is 1.71 bits per heavy atom. The van der Waals surface area contributed by atoms with Crippen LogP contribution < -0.4 is 5.32 Å². The minimum Gasteiger partial charge on any atom is -0.507 e. The van der Waals surface area contributed by atoms with Gasteiger partial charge in [-0.05, 0) is 30.3 Å². The minimum atomic E-state index is -1.31. The highest BCUT2D eigenvalue weighted by atomic mass is 35.5. The van der Waals surface area contributed by atoms with Gasteiger partial charge in [-0.25, -0.2) is 9.78 Å². The number of phenols is 1. The van der Waals surface area contributed by atoms with Crippen molar-refractivity contribution in [2.24, 2.45) is 0 Å². The van der Waals surface area contributed by atoms with Gasteiger partial charge >= 0.3 is 5.97 Å². The van der Waals surface area contributed by atoms with Crippen LogP contribution in [0.3, 0.4) is 0 Å². The van der Waals surface area contributed by atoms with Crippen molar-refractivity contribution in [2.75, 3.05) is 5.32 Å². The van der Waals surface area contributed by atoms with E-state index in [2.05, 4.69) is 10.3 Å². The molecular weight excluding hydrogens is 319 g/mol. The van der Waals surface area contributed by atoms with Crippen molar-refractivity contribution in [2.45, 2.75) is 0 Å². The Balaban J connectivity index is 2.27. The summed E-state index contributed by atoms with van der Waals surface area (Å²) in [6, 6.07) is 6.32. The lowest BCUT2D eigenvalue weighted by molar-refractivity contribution is 0.0693. The van der Waals surface area contributed by atoms with Crippen molar-refractivity contribution in [1.82, 2.24) is 4.98 Å². The summed E-state index contributed by atoms with van der Waals surface area (Å²) in [6.45, 7) is 0. The van der Waals surface area contributed by atoms with Crippen molar-refractivity contribution >= 4 is 40.8 Å². The molecule has 1 aromatic carbocycles. The molecule has 0 spiro atoms. The van der Waals surface area contributed by atoms with Crippen LogP contribution in [-0.4, -0.2) is 27.1 Å². The average molecular weight is 327 g/mol. The molecule has 1 heterocycles. The highest BCUT2D eigenvalue weighted by molar-refractivity contribution is 6.33. The predicted octanol–water partition coefficient (Wildman–Crippen LogP) is 3.04. The van der Waals surface area contributed by atoms with Crippen molar-refractivity contribution in [1.29, 1.82) is 0 Å². The summed E-state index contributed by atoms with van der Waals surface area (Å²) in [5.74, 6) is -2.24. The summed E-state index contributed by atoms with van der Waals surface area (Å²) in [7, 11) is 0. The van der Waals surface area contributed by atoms with Crippen LogP contribution in [0, 0.1) is 0 Å². The van der Waals surface area contributed by atoms with Crippen LogP contribution >= 0.6 is 23.2 Å². The Bertz CT molecular complexity index is 714. The molecule has 3 N–H and O–H groups in total. The second-order valence-electron chi connectivity index (χ2n) is 3.99. The number of nitrogens with one attached hydrogen (secondary N) is 1. The number of rotatable bonds is 3. The van der Waals surface area contributed by atoms with Gasteiger partial charge in [-0.3, -0.25) is 4.79 Å². The van der Waals surface area contributed by atoms with Crippen molar-refractivity contribution in [3.05, 3.63) is 51.8 Å². The van der Waals surface area contributed by atoms with Gasteiger partial charge in [0.1, 0.15) is 21.6 Å². The lowest BCUT2D eigenvalue weighted by atomic mass is 10.1. The maximum absolute atomic E-state index is 12.0. The molecule has 0 saturated carbocycles. The van der Waals surface area contributed by atoms with Gasteiger partial charge in [-0.2, -0.15) is 0 Å². The zero-order valence-corrected chi connectivity index (χ0v) is 11.8. The summed E-state index contributed by atoms with van der Waals surface area (Å²) in [6.07, 6.45) is 0. The Morgan fingerprint density at radius 3 is 2.29 bits per heavy atom. The van der Waals surface area contributed by atoms with Crippen LogP contribution in [-0.2, 0) is 0 Å². The van der Waals surface area contributed by atoms with Crippen LogP contribution in [0.4, 0.5) is 5.69 Å². The molecule has 1 amide bonds. The zero-order valence-electron chi connectivity index (χ0n) is 10.3. The van der Waals surface area contributed by atoms with E-state index in [0.717, 1.165) is 6.07 Å². The number of benzene rings is 1. The van der Waals surface area contributed by atoms with E-state index in [1.165, 1.54) is 24.3 Å². The van der Waals surface area contributed by atoms with Gasteiger partial charge in [-0.15, -0.1) is 0 Å². The van der Waals surface area contributed by atoms with Gasteiger partial charge in [0.25, 0.3) is 5.91 Å². The van der Waals surface area contributed by atoms with Crippen LogP contribution in [0.5, 0.6) is 5.75 Å². The van der Waals surface area contributed by atoms with E-state index in [4.69, 9.17) is 28.3 Å². The highest BCUT2D eigenvalue weighted by Gasteiger charge is 2.13. The molecule has 0 fully saturated rings. The number of carboxylic acids is 1. The third-order valence-electron chi connectivity index (χ3n) is 2.51. The van der Waals surface area contributed by atoms with Crippen molar-refractivity contribution in [3.63, 3.8) is 0 Å². The monoisotopic (exact) mass is 326 g/mol. The molecule has 0 aliphatic rings. The Morgan fingerprint density at radius 1 is 1.10 bits per heavy atom. The molecule has 0 unspecified atom stereocenters. The van der Waals surface area contributed by atoms with Gasteiger partial charge < -0.3 is 15.5 Å². The third kappa shape index (κ3) is 3.62. The third-order valence-corrected chi connectivity index (χ3v) is 2.90. The molecule has 21 heavy (non-hydrogen) atoms. The van der Waals surface area contributed by atoms with Crippen LogP contribution in [0.25, 0.3) is 0 Å². The minimum absolute atomic E-state index is 0.0598. The fourth-order valence-corrected chi connectivity index (χ4v) is 2.04. The predicted molar refractivity (Wildman–Crippen MR) is 77.3 cm³/mol. The molecular formula is C13H8Cl2N2O4. The number of anilines is 1. The van der Waals surface area contributed by atoms with Gasteiger partial charge in [-0.1, -0.05) is 23.2 Å². The molecule has 0 aliphatic carbocycles. The number of carbonyl (C=O) groups is 2. The number of carbonyl (C=O) groups excluding carboxylic acids is 1. The summed E-state index contributed by atoms with van der Waals surface area (Å²) in [5, 5.41) is 20.9. The summed E-state index contributed by atoms with van der Waals surface area (Å²) in [5.41, 5.74) is 0.0581. The fourth-order valence-electron chi connectivity index (χ4n) is 1.58. The molecule has 6 nitrogen and oxygen atoms in total. The highest BCUT2D eigenvalue weighted by Crippen LogP contribution is 2.22. The van der Waals surface area contributed by atoms with E-state index >= 15 is 0 Å². The largest absolute Gasteiger partial charge is 0.507 e. The number of halogens is 2. The van der Waals surface area contributed by atoms with E-state index in [-0.39, 0.29) is 27.1 Å². The first-order valence-corrected chi connectivity index (χ1v) is 6.33. The smallest absolute Gasteiger partial charge is 0.339 e. The standard InChI is InChI=1S/C13H8Cl2N2O4/c14-10-3-6(4-11(15)17-10)12(19)16-7-1-2-9(18)8(5-7)13(20)21/h1-5,18H,(H,16,19)(H,20,21). The molecule has 108 valence electrons. The molecule has 1 aromatic heterocycles. The van der Waals surface area contributed by atoms with E-state index in [0.29, 0.717) is 0 Å². The molecule has 2 rings (SSSR count). The Hall–Kier alpha value is -2.31. The molecule has 0 bridgehead atoms. The molecule has 0 saturated heterocycles. The number of aromatic hydroxyl groups is 1. The number of aromatic nitrogens is 1. The van der Waals surface area contributed by atoms with Crippen molar-refractivity contribution < 1.29 is 19.8 Å². The lowest BCUT2D eigenvalue weighted by Crippen LogP contribution is -2.12. The maximum Gasteiger partial charge on any atom is 0.339 e. The average Bonchev–Trinajstić information content (AvgIpc) is 2.39. The SMILES string of the molecule is O=C(Nc1ccc(O)c(C(=O)O)c1)c1cc(Cl)nc(Cl)c1. The molecule has 8 heteroatoms. The molecule has 0 aliphatic heterocycles. The number of pyridine rings is 1. The van der Waals surface area contributed by atoms with Crippen LogP contribution in [0.2, 0.25) is 10.3 Å². The first kappa shape index (κ1) is 15.1. The molecule has 0 radical (unpaired) electrons. The molecule has 2 aromatic rings. The quantitative estimate of drug-likeness (QED) is 0.594. The first-order chi connectivity index (χ1) is 9.86. The van der Waals surface area contributed by atoms with Gasteiger partial charge in [0.15, 0.2) is 0 Å². The van der Waals surface area contributed by atoms with E-state index in [1.807, 2.05) is 0 Å². The number of hydrogen-bond acceptors (Lipinski definition) is 4. The van der Waals surface area contributed by atoms with E-state index < -0.39 is 17.6 Å². The Kier molecular flexibility index (Phi) is 4.30. The van der Waals surface area contributed by atoms with Crippen LogP contribution in [0.15, 0.2) is 30.3 Å². The number of carboxylic acid groups (broad SMARTS) is 1. The van der Waals surface area contributed by atoms with Crippen molar-refractivity contribution in [3.8, 4) is 5.75 Å². The van der Waals surface area contributed by atoms with E-state index in [9.17, 15) is 14.7 Å². The first-order valence-electron chi connectivity index (χ1n) is 5.57. The maximum atomic E-state index is 12.0.